The molecule has 0 fully saturated rings. The molecular formula is C38H40F2N8O7S2. The molecule has 15 nitrogen and oxygen atoms in total. The van der Waals surface area contributed by atoms with Gasteiger partial charge in [0.2, 0.25) is 5.16 Å². The van der Waals surface area contributed by atoms with Crippen LogP contribution in [0.15, 0.2) is 83.4 Å². The Hall–Kier alpha value is -5.31. The topological polar surface area (TPSA) is 222 Å². The quantitative estimate of drug-likeness (QED) is 0.0529. The number of aryl methyl sites for hydroxylation is 2. The number of aliphatic carboxylic acids is 1. The first-order valence-electron chi connectivity index (χ1n) is 17.4. The van der Waals surface area contributed by atoms with Crippen LogP contribution in [0.25, 0.3) is 45.3 Å². The Morgan fingerprint density at radius 1 is 0.754 bits per heavy atom. The van der Waals surface area contributed by atoms with Crippen molar-refractivity contribution in [2.45, 2.75) is 55.0 Å². The summed E-state index contributed by atoms with van der Waals surface area (Å²) < 4.78 is 42.5. The highest BCUT2D eigenvalue weighted by molar-refractivity contribution is 7.98. The number of nitrogens with zero attached hydrogens (tertiary/aromatic N) is 8. The monoisotopic (exact) mass is 822 g/mol. The minimum absolute atomic E-state index is 0.00311. The van der Waals surface area contributed by atoms with Crippen LogP contribution < -0.4 is 0 Å². The highest BCUT2D eigenvalue weighted by atomic mass is 32.2. The van der Waals surface area contributed by atoms with Crippen molar-refractivity contribution in [3.05, 3.63) is 96.3 Å². The number of carbonyl (C=O) groups is 1. The minimum atomic E-state index is -1.31. The van der Waals surface area contributed by atoms with E-state index in [9.17, 15) is 23.2 Å². The van der Waals surface area contributed by atoms with Gasteiger partial charge in [0.15, 0.2) is 5.16 Å². The van der Waals surface area contributed by atoms with Gasteiger partial charge in [-0.05, 0) is 79.8 Å². The summed E-state index contributed by atoms with van der Waals surface area (Å²) in [4.78, 5) is 35.9. The van der Waals surface area contributed by atoms with Gasteiger partial charge in [0.25, 0.3) is 5.97 Å². The maximum Gasteiger partial charge on any atom is 0.300 e. The zero-order valence-corrected chi connectivity index (χ0v) is 32.7. The van der Waals surface area contributed by atoms with Crippen LogP contribution in [-0.2, 0) is 28.4 Å². The smallest absolute Gasteiger partial charge is 0.300 e. The second kappa shape index (κ2) is 19.7. The van der Waals surface area contributed by atoms with Gasteiger partial charge in [-0.2, -0.15) is 0 Å². The molecule has 0 radical (unpaired) electrons. The molecule has 1 unspecified atom stereocenters. The van der Waals surface area contributed by atoms with Gasteiger partial charge < -0.3 is 24.5 Å². The Labute approximate surface area is 332 Å². The Balaban J connectivity index is 0.000000192. The fourth-order valence-electron chi connectivity index (χ4n) is 6.58. The van der Waals surface area contributed by atoms with Crippen molar-refractivity contribution in [1.29, 1.82) is 0 Å². The first-order chi connectivity index (χ1) is 27.5. The molecule has 19 heteroatoms. The minimum Gasteiger partial charge on any atom is -0.481 e. The SMILES string of the molecule is CC(=O)O.CS(=O)c1nccc(-c2c(-c3ccc(F)cc3)nc3n2[C@H](CO)CC3)n1.CSc1nccc(-c2c(-c3ccc(F)cc3)nc3n2[C@H](CO)CC3)n1.OO. The van der Waals surface area contributed by atoms with Gasteiger partial charge in [-0.1, -0.05) is 11.8 Å². The third kappa shape index (κ3) is 9.81. The summed E-state index contributed by atoms with van der Waals surface area (Å²) in [6.07, 6.45) is 9.96. The molecule has 0 spiro atoms. The van der Waals surface area contributed by atoms with Crippen LogP contribution in [0.4, 0.5) is 8.78 Å². The number of rotatable bonds is 8. The molecule has 6 aromatic rings. The lowest BCUT2D eigenvalue weighted by Gasteiger charge is -2.15. The van der Waals surface area contributed by atoms with Gasteiger partial charge >= 0.3 is 0 Å². The van der Waals surface area contributed by atoms with E-state index in [1.54, 1.807) is 42.7 Å². The fourth-order valence-corrected chi connectivity index (χ4v) is 7.37. The van der Waals surface area contributed by atoms with E-state index in [4.69, 9.17) is 30.4 Å². The highest BCUT2D eigenvalue weighted by Gasteiger charge is 2.32. The number of aliphatic hydroxyl groups excluding tert-OH is 2. The molecule has 8 rings (SSSR count). The van der Waals surface area contributed by atoms with Crippen LogP contribution in [0.3, 0.4) is 0 Å². The van der Waals surface area contributed by atoms with E-state index < -0.39 is 16.8 Å². The molecule has 3 atom stereocenters. The molecule has 5 N–H and O–H groups in total. The average Bonchev–Trinajstić information content (AvgIpc) is 4.00. The number of aromatic nitrogens is 8. The molecule has 2 aliphatic heterocycles. The Bertz CT molecular complexity index is 2320. The third-order valence-corrected chi connectivity index (χ3v) is 10.2. The number of fused-ring (bicyclic) bond motifs is 2. The van der Waals surface area contributed by atoms with Crippen molar-refractivity contribution in [2.75, 3.05) is 25.7 Å². The van der Waals surface area contributed by atoms with Crippen molar-refractivity contribution in [1.82, 2.24) is 39.0 Å². The van der Waals surface area contributed by atoms with E-state index >= 15 is 0 Å². The number of aliphatic hydroxyl groups is 2. The van der Waals surface area contributed by atoms with Crippen LogP contribution in [0.1, 0.15) is 43.5 Å². The van der Waals surface area contributed by atoms with E-state index in [1.807, 2.05) is 16.9 Å². The van der Waals surface area contributed by atoms with E-state index in [2.05, 4.69) is 24.5 Å². The molecule has 57 heavy (non-hydrogen) atoms. The summed E-state index contributed by atoms with van der Waals surface area (Å²) in [6, 6.07) is 15.9. The first kappa shape index (κ1) is 42.8. The molecule has 300 valence electrons. The summed E-state index contributed by atoms with van der Waals surface area (Å²) in [5, 5.41) is 39.9. The zero-order valence-electron chi connectivity index (χ0n) is 31.0. The molecule has 0 saturated heterocycles. The molecule has 2 aromatic carbocycles. The van der Waals surface area contributed by atoms with Gasteiger partial charge in [-0.15, -0.1) is 0 Å². The maximum absolute atomic E-state index is 13.3. The third-order valence-electron chi connectivity index (χ3n) is 8.95. The molecule has 4 aromatic heterocycles. The maximum atomic E-state index is 13.3. The number of carboxylic acids is 1. The van der Waals surface area contributed by atoms with Crippen molar-refractivity contribution in [3.63, 3.8) is 0 Å². The fraction of sp³-hybridized carbons (Fsp3) is 0.289. The number of carboxylic acid groups (broad SMARTS) is 1. The van der Waals surface area contributed by atoms with Gasteiger partial charge in [0, 0.05) is 49.5 Å². The van der Waals surface area contributed by atoms with E-state index in [1.165, 1.54) is 42.3 Å². The number of benzene rings is 2. The zero-order chi connectivity index (χ0) is 41.2. The first-order valence-corrected chi connectivity index (χ1v) is 20.2. The van der Waals surface area contributed by atoms with E-state index in [0.717, 1.165) is 78.2 Å². The van der Waals surface area contributed by atoms with E-state index in [0.29, 0.717) is 16.5 Å². The van der Waals surface area contributed by atoms with E-state index in [-0.39, 0.29) is 42.1 Å². The van der Waals surface area contributed by atoms with Crippen LogP contribution in [-0.4, -0.2) is 101 Å². The largest absolute Gasteiger partial charge is 0.481 e. The molecule has 0 saturated carbocycles. The second-order valence-electron chi connectivity index (χ2n) is 12.6. The lowest BCUT2D eigenvalue weighted by molar-refractivity contribution is -0.176. The van der Waals surface area contributed by atoms with Crippen LogP contribution in [0, 0.1) is 11.6 Å². The summed E-state index contributed by atoms with van der Waals surface area (Å²) in [5.41, 5.74) is 5.97. The van der Waals surface area contributed by atoms with Crippen molar-refractivity contribution >= 4 is 28.5 Å². The van der Waals surface area contributed by atoms with Gasteiger partial charge in [0.1, 0.15) is 23.3 Å². The highest BCUT2D eigenvalue weighted by Crippen LogP contribution is 2.40. The summed E-state index contributed by atoms with van der Waals surface area (Å²) in [5.74, 6) is 0.354. The average molecular weight is 823 g/mol. The normalized spacial score (nSPS) is 15.5. The number of hydrogen-bond donors (Lipinski definition) is 5. The Morgan fingerprint density at radius 2 is 1.18 bits per heavy atom. The Kier molecular flexibility index (Phi) is 14.8. The standard InChI is InChI=1S/C18H17FN4O2S.C18H17FN4OS.C2H4O2.H2O2/c1-26(25)18-20-9-8-14(21-18)17-16(11-2-4-12(19)5-3-11)22-15-7-6-13(10-24)23(15)17;1-25-18-20-9-8-14(21-18)17-16(11-2-4-12(19)5-3-11)22-15-7-6-13(10-24)23(15)17;1-2(3)4;1-2/h2-5,8-9,13,24H,6-7,10H2,1H3;2-5,8-9,13,24H,6-7,10H2,1H3;1H3,(H,3,4);1-2H/t13-,26?;13-;;/m00../s1. The molecule has 6 heterocycles. The summed E-state index contributed by atoms with van der Waals surface area (Å²) >= 11 is 1.47. The van der Waals surface area contributed by atoms with Crippen LogP contribution in [0.2, 0.25) is 0 Å². The molecular weight excluding hydrogens is 783 g/mol. The van der Waals surface area contributed by atoms with Gasteiger partial charge in [-0.25, -0.2) is 38.7 Å². The molecule has 2 aliphatic rings. The second-order valence-corrected chi connectivity index (χ2v) is 14.6. The summed E-state index contributed by atoms with van der Waals surface area (Å²) in [6.45, 7) is 1.14. The summed E-state index contributed by atoms with van der Waals surface area (Å²) in [7, 11) is -1.31. The molecule has 0 amide bonds. The molecule has 0 bridgehead atoms. The van der Waals surface area contributed by atoms with Gasteiger partial charge in [0.05, 0.1) is 70.3 Å². The predicted octanol–water partition coefficient (Wildman–Crippen LogP) is 5.82. The van der Waals surface area contributed by atoms with Gasteiger partial charge in [-0.3, -0.25) is 19.5 Å². The van der Waals surface area contributed by atoms with Crippen molar-refractivity contribution in [3.8, 4) is 45.3 Å². The number of imidazole rings is 2. The van der Waals surface area contributed by atoms with Crippen molar-refractivity contribution < 1.29 is 43.6 Å². The molecule has 0 aliphatic carbocycles. The lowest BCUT2D eigenvalue weighted by Crippen LogP contribution is -2.11. The Morgan fingerprint density at radius 3 is 1.58 bits per heavy atom. The van der Waals surface area contributed by atoms with Crippen molar-refractivity contribution in [2.24, 2.45) is 0 Å². The number of hydrogen-bond acceptors (Lipinski definition) is 13. The van der Waals surface area contributed by atoms with Crippen LogP contribution >= 0.6 is 11.8 Å². The number of thioether (sulfide) groups is 1. The lowest BCUT2D eigenvalue weighted by atomic mass is 10.1. The number of halogens is 2. The predicted molar refractivity (Wildman–Crippen MR) is 209 cm³/mol. The van der Waals surface area contributed by atoms with Crippen LogP contribution in [0.5, 0.6) is 0 Å².